The van der Waals surface area contributed by atoms with Crippen LogP contribution in [0.3, 0.4) is 0 Å². The van der Waals surface area contributed by atoms with Crippen molar-refractivity contribution in [1.29, 1.82) is 0 Å². The normalized spacial score (nSPS) is 33.0. The Balaban J connectivity index is 2.70. The molecule has 3 atom stereocenters. The monoisotopic (exact) mass is 227 g/mol. The molecule has 0 aliphatic heterocycles. The minimum atomic E-state index is -0.148. The quantitative estimate of drug-likeness (QED) is 0.780. The first-order chi connectivity index (χ1) is 7.53. The second-order valence-corrected chi connectivity index (χ2v) is 5.86. The smallest absolute Gasteiger partial charge is 0.0723 e. The van der Waals surface area contributed by atoms with Gasteiger partial charge < -0.3 is 10.0 Å². The highest BCUT2D eigenvalue weighted by Crippen LogP contribution is 2.39. The largest absolute Gasteiger partial charge is 0.391 e. The predicted molar refractivity (Wildman–Crippen MR) is 69.6 cm³/mol. The lowest BCUT2D eigenvalue weighted by atomic mass is 9.71. The van der Waals surface area contributed by atoms with E-state index in [0.717, 1.165) is 31.6 Å². The molecule has 1 aliphatic rings. The number of rotatable bonds is 5. The van der Waals surface area contributed by atoms with Crippen LogP contribution in [0.25, 0.3) is 0 Å². The van der Waals surface area contributed by atoms with E-state index in [2.05, 4.69) is 32.8 Å². The van der Waals surface area contributed by atoms with Gasteiger partial charge in [-0.05, 0) is 39.3 Å². The number of hydrogen-bond donors (Lipinski definition) is 1. The standard InChI is InChI=1S/C14H29NO/c1-5-6-9-13(16)14(15(3)4)10-7-8-12(2)11-14/h12-13,16H,5-11H2,1-4H3. The molecule has 0 bridgehead atoms. The van der Waals surface area contributed by atoms with Crippen molar-refractivity contribution in [3.63, 3.8) is 0 Å². The van der Waals surface area contributed by atoms with Gasteiger partial charge in [0.05, 0.1) is 6.10 Å². The summed E-state index contributed by atoms with van der Waals surface area (Å²) < 4.78 is 0. The third-order valence-electron chi connectivity index (χ3n) is 4.35. The Bertz CT molecular complexity index is 205. The summed E-state index contributed by atoms with van der Waals surface area (Å²) in [5.74, 6) is 0.757. The van der Waals surface area contributed by atoms with Gasteiger partial charge in [0.2, 0.25) is 0 Å². The van der Waals surface area contributed by atoms with Crippen molar-refractivity contribution in [2.24, 2.45) is 5.92 Å². The highest BCUT2D eigenvalue weighted by molar-refractivity contribution is 4.98. The summed E-state index contributed by atoms with van der Waals surface area (Å²) >= 11 is 0. The van der Waals surface area contributed by atoms with Crippen molar-refractivity contribution >= 4 is 0 Å². The molecule has 0 aromatic rings. The fourth-order valence-corrected chi connectivity index (χ4v) is 3.24. The Labute approximate surface area is 101 Å². The summed E-state index contributed by atoms with van der Waals surface area (Å²) in [7, 11) is 4.26. The number of aliphatic hydroxyl groups excluding tert-OH is 1. The Morgan fingerprint density at radius 3 is 2.62 bits per heavy atom. The highest BCUT2D eigenvalue weighted by Gasteiger charge is 2.42. The Morgan fingerprint density at radius 1 is 1.44 bits per heavy atom. The molecule has 0 amide bonds. The molecule has 1 rings (SSSR count). The van der Waals surface area contributed by atoms with Crippen LogP contribution in [-0.4, -0.2) is 35.7 Å². The zero-order chi connectivity index (χ0) is 12.2. The van der Waals surface area contributed by atoms with Crippen molar-refractivity contribution in [3.8, 4) is 0 Å². The van der Waals surface area contributed by atoms with E-state index in [1.54, 1.807) is 0 Å². The maximum Gasteiger partial charge on any atom is 0.0723 e. The van der Waals surface area contributed by atoms with E-state index < -0.39 is 0 Å². The van der Waals surface area contributed by atoms with Gasteiger partial charge >= 0.3 is 0 Å². The predicted octanol–water partition coefficient (Wildman–Crippen LogP) is 3.05. The van der Waals surface area contributed by atoms with E-state index in [-0.39, 0.29) is 11.6 Å². The van der Waals surface area contributed by atoms with Crippen LogP contribution in [0.2, 0.25) is 0 Å². The van der Waals surface area contributed by atoms with E-state index in [0.29, 0.717) is 0 Å². The number of nitrogens with zero attached hydrogens (tertiary/aromatic N) is 1. The number of aliphatic hydroxyl groups is 1. The van der Waals surface area contributed by atoms with Crippen LogP contribution in [-0.2, 0) is 0 Å². The first kappa shape index (κ1) is 14.0. The van der Waals surface area contributed by atoms with Crippen molar-refractivity contribution < 1.29 is 5.11 Å². The van der Waals surface area contributed by atoms with Gasteiger partial charge in [-0.3, -0.25) is 0 Å². The summed E-state index contributed by atoms with van der Waals surface area (Å²) in [6, 6.07) is 0. The van der Waals surface area contributed by atoms with Crippen LogP contribution in [0.1, 0.15) is 58.8 Å². The van der Waals surface area contributed by atoms with Crippen LogP contribution < -0.4 is 0 Å². The van der Waals surface area contributed by atoms with Crippen LogP contribution in [0.4, 0.5) is 0 Å². The number of likely N-dealkylation sites (N-methyl/N-ethyl adjacent to an activating group) is 1. The zero-order valence-corrected chi connectivity index (χ0v) is 11.5. The summed E-state index contributed by atoms with van der Waals surface area (Å²) in [6.45, 7) is 4.52. The molecule has 0 radical (unpaired) electrons. The second kappa shape index (κ2) is 6.02. The van der Waals surface area contributed by atoms with E-state index in [1.807, 2.05) is 0 Å². The molecule has 0 saturated heterocycles. The molecule has 16 heavy (non-hydrogen) atoms. The van der Waals surface area contributed by atoms with Crippen molar-refractivity contribution in [2.75, 3.05) is 14.1 Å². The van der Waals surface area contributed by atoms with Crippen LogP contribution in [0.15, 0.2) is 0 Å². The van der Waals surface area contributed by atoms with Gasteiger partial charge in [-0.1, -0.05) is 39.5 Å². The maximum absolute atomic E-state index is 10.5. The molecule has 2 heteroatoms. The molecule has 96 valence electrons. The van der Waals surface area contributed by atoms with Gasteiger partial charge in [0.15, 0.2) is 0 Å². The van der Waals surface area contributed by atoms with Crippen LogP contribution in [0.5, 0.6) is 0 Å². The van der Waals surface area contributed by atoms with Crippen LogP contribution in [0, 0.1) is 5.92 Å². The summed E-state index contributed by atoms with van der Waals surface area (Å²) in [5.41, 5.74) is 0.0484. The van der Waals surface area contributed by atoms with Gasteiger partial charge in [0.25, 0.3) is 0 Å². The van der Waals surface area contributed by atoms with E-state index >= 15 is 0 Å². The SMILES string of the molecule is CCCCC(O)C1(N(C)C)CCCC(C)C1. The fourth-order valence-electron chi connectivity index (χ4n) is 3.24. The molecule has 1 aliphatic carbocycles. The summed E-state index contributed by atoms with van der Waals surface area (Å²) in [4.78, 5) is 2.28. The topological polar surface area (TPSA) is 23.5 Å². The first-order valence-corrected chi connectivity index (χ1v) is 6.88. The average Bonchev–Trinajstić information content (AvgIpc) is 2.25. The molecule has 0 aromatic heterocycles. The van der Waals surface area contributed by atoms with Gasteiger partial charge in [-0.2, -0.15) is 0 Å². The molecule has 1 fully saturated rings. The van der Waals surface area contributed by atoms with Gasteiger partial charge in [0, 0.05) is 5.54 Å². The van der Waals surface area contributed by atoms with Crippen LogP contribution >= 0.6 is 0 Å². The molecule has 1 N–H and O–H groups in total. The minimum absolute atomic E-state index is 0.0484. The molecule has 2 nitrogen and oxygen atoms in total. The molecule has 0 heterocycles. The van der Waals surface area contributed by atoms with E-state index in [9.17, 15) is 5.11 Å². The Hall–Kier alpha value is -0.0800. The second-order valence-electron chi connectivity index (χ2n) is 5.86. The van der Waals surface area contributed by atoms with E-state index in [1.165, 1.54) is 19.3 Å². The molecule has 0 spiro atoms. The summed E-state index contributed by atoms with van der Waals surface area (Å²) in [5, 5.41) is 10.5. The Kier molecular flexibility index (Phi) is 5.26. The molecule has 0 aromatic carbocycles. The lowest BCUT2D eigenvalue weighted by molar-refractivity contribution is -0.0474. The number of unbranched alkanes of at least 4 members (excludes halogenated alkanes) is 1. The molecular formula is C14H29NO. The Morgan fingerprint density at radius 2 is 2.12 bits per heavy atom. The number of hydrogen-bond acceptors (Lipinski definition) is 2. The third kappa shape index (κ3) is 2.98. The first-order valence-electron chi connectivity index (χ1n) is 6.88. The van der Waals surface area contributed by atoms with Crippen molar-refractivity contribution in [1.82, 2.24) is 4.90 Å². The van der Waals surface area contributed by atoms with E-state index in [4.69, 9.17) is 0 Å². The maximum atomic E-state index is 10.5. The lowest BCUT2D eigenvalue weighted by Gasteiger charge is -2.48. The highest BCUT2D eigenvalue weighted by atomic mass is 16.3. The fraction of sp³-hybridized carbons (Fsp3) is 1.00. The van der Waals surface area contributed by atoms with Crippen molar-refractivity contribution in [3.05, 3.63) is 0 Å². The van der Waals surface area contributed by atoms with Crippen molar-refractivity contribution in [2.45, 2.75) is 70.4 Å². The minimum Gasteiger partial charge on any atom is -0.391 e. The van der Waals surface area contributed by atoms with Gasteiger partial charge in [-0.25, -0.2) is 0 Å². The summed E-state index contributed by atoms with van der Waals surface area (Å²) in [6.07, 6.45) is 8.05. The van der Waals surface area contributed by atoms with Gasteiger partial charge in [0.1, 0.15) is 0 Å². The average molecular weight is 227 g/mol. The lowest BCUT2D eigenvalue weighted by Crippen LogP contribution is -2.56. The molecule has 1 saturated carbocycles. The molecule has 3 unspecified atom stereocenters. The van der Waals surface area contributed by atoms with Gasteiger partial charge in [-0.15, -0.1) is 0 Å². The zero-order valence-electron chi connectivity index (χ0n) is 11.5. The third-order valence-corrected chi connectivity index (χ3v) is 4.35. The molecular weight excluding hydrogens is 198 g/mol.